The molecule has 1 saturated carbocycles. The number of hydrogen-bond acceptors (Lipinski definition) is 0. The first kappa shape index (κ1) is 16.2. The van der Waals surface area contributed by atoms with Gasteiger partial charge < -0.3 is 24.8 Å². The number of allylic oxidation sites excluding steroid dienone is 4. The molecule has 0 aromatic carbocycles. The number of halogens is 2. The summed E-state index contributed by atoms with van der Waals surface area (Å²) in [6.07, 6.45) is 11.8. The zero-order chi connectivity index (χ0) is 6.97. The second-order valence-corrected chi connectivity index (χ2v) is 3.41. The van der Waals surface area contributed by atoms with Gasteiger partial charge in [-0.2, -0.15) is 0 Å². The van der Waals surface area contributed by atoms with Gasteiger partial charge in [-0.3, -0.25) is 0 Å². The van der Waals surface area contributed by atoms with Crippen molar-refractivity contribution in [2.75, 3.05) is 0 Å². The van der Waals surface area contributed by atoms with Crippen molar-refractivity contribution in [3.63, 3.8) is 0 Å². The molecule has 2 aliphatic carbocycles. The third kappa shape index (κ3) is 3.81. The summed E-state index contributed by atoms with van der Waals surface area (Å²) in [6, 6.07) is 0. The summed E-state index contributed by atoms with van der Waals surface area (Å²) in [5.74, 6) is 1.68. The fraction of sp³-hybridized carbons (Fsp3) is 0.500. The predicted octanol–water partition coefficient (Wildman–Crippen LogP) is -3.26. The molecule has 0 aliphatic heterocycles. The van der Waals surface area contributed by atoms with Crippen LogP contribution >= 0.6 is 0 Å². The van der Waals surface area contributed by atoms with Crippen LogP contribution < -0.4 is 24.8 Å². The summed E-state index contributed by atoms with van der Waals surface area (Å²) in [5, 5.41) is 0. The number of hydrogen-bond donors (Lipinski definition) is 0. The Morgan fingerprint density at radius 2 is 2.08 bits per heavy atom. The van der Waals surface area contributed by atoms with Gasteiger partial charge in [-0.15, -0.1) is 12.2 Å². The van der Waals surface area contributed by atoms with Crippen molar-refractivity contribution < 1.29 is 50.7 Å². The van der Waals surface area contributed by atoms with Crippen molar-refractivity contribution in [2.24, 2.45) is 11.8 Å². The molecular weight excluding hydrogens is 370 g/mol. The predicted molar refractivity (Wildman–Crippen MR) is 43.4 cm³/mol. The van der Waals surface area contributed by atoms with Crippen molar-refractivity contribution in [3.05, 3.63) is 30.2 Å². The summed E-state index contributed by atoms with van der Waals surface area (Å²) in [6.45, 7) is 2.30. The first-order valence-corrected chi connectivity index (χ1v) is 4.08. The van der Waals surface area contributed by atoms with Gasteiger partial charge >= 0.3 is 0 Å². The number of rotatable bonds is 0. The van der Waals surface area contributed by atoms with Crippen LogP contribution in [-0.2, 0) is 25.8 Å². The maximum Gasteiger partial charge on any atom is 0 e. The summed E-state index contributed by atoms with van der Waals surface area (Å²) in [4.78, 5) is 0. The molecule has 0 heterocycles. The summed E-state index contributed by atoms with van der Waals surface area (Å²) in [7, 11) is 0. The Morgan fingerprint density at radius 3 is 2.69 bits per heavy atom. The zero-order valence-electron chi connectivity index (χ0n) is 7.63. The molecule has 2 unspecified atom stereocenters. The molecule has 3 heteroatoms. The molecule has 0 N–H and O–H groups in total. The van der Waals surface area contributed by atoms with Gasteiger partial charge in [0.25, 0.3) is 0 Å². The van der Waals surface area contributed by atoms with Crippen LogP contribution in [0.25, 0.3) is 0 Å². The summed E-state index contributed by atoms with van der Waals surface area (Å²) >= 11 is 0. The molecule has 0 aromatic heterocycles. The quantitative estimate of drug-likeness (QED) is 0.305. The Morgan fingerprint density at radius 1 is 1.38 bits per heavy atom. The van der Waals surface area contributed by atoms with Gasteiger partial charge in [0.15, 0.2) is 0 Å². The monoisotopic (exact) mass is 383 g/mol. The van der Waals surface area contributed by atoms with Crippen LogP contribution in [0, 0.1) is 18.3 Å². The molecular formula is C10H13Cl2Hf-3. The summed E-state index contributed by atoms with van der Waals surface area (Å²) < 4.78 is 0. The van der Waals surface area contributed by atoms with Gasteiger partial charge in [-0.1, -0.05) is 19.3 Å². The van der Waals surface area contributed by atoms with E-state index in [0.717, 1.165) is 11.8 Å². The van der Waals surface area contributed by atoms with Crippen LogP contribution in [0.4, 0.5) is 0 Å². The summed E-state index contributed by atoms with van der Waals surface area (Å²) in [5.41, 5.74) is 1.58. The smallest absolute Gasteiger partial charge is 0 e. The van der Waals surface area contributed by atoms with Gasteiger partial charge in [-0.05, 0) is 12.3 Å². The van der Waals surface area contributed by atoms with Crippen molar-refractivity contribution >= 4 is 0 Å². The number of fused-ring (bicyclic) bond motifs is 1. The van der Waals surface area contributed by atoms with Gasteiger partial charge in [0.1, 0.15) is 0 Å². The van der Waals surface area contributed by atoms with Crippen molar-refractivity contribution in [1.82, 2.24) is 0 Å². The molecule has 0 saturated heterocycles. The molecule has 0 amide bonds. The Balaban J connectivity index is 0. The van der Waals surface area contributed by atoms with E-state index < -0.39 is 0 Å². The maximum absolute atomic E-state index is 2.41. The average Bonchev–Trinajstić information content (AvgIpc) is 2.27. The second-order valence-electron chi connectivity index (χ2n) is 3.41. The molecule has 2 rings (SSSR count). The van der Waals surface area contributed by atoms with E-state index in [1.807, 2.05) is 0 Å². The Labute approximate surface area is 112 Å². The molecule has 0 nitrogen and oxygen atoms in total. The SMILES string of the molecule is CC1[CH-]C2=CC=CCC2C1.[Cl-].[Cl-].[Hf]. The van der Waals surface area contributed by atoms with Crippen molar-refractivity contribution in [3.8, 4) is 0 Å². The second kappa shape index (κ2) is 7.14. The normalized spacial score (nSPS) is 28.2. The maximum atomic E-state index is 2.41. The van der Waals surface area contributed by atoms with Crippen LogP contribution in [0.3, 0.4) is 0 Å². The molecule has 1 fully saturated rings. The average molecular weight is 383 g/mol. The largest absolute Gasteiger partial charge is 1.00 e. The van der Waals surface area contributed by atoms with Gasteiger partial charge in [0.05, 0.1) is 0 Å². The minimum atomic E-state index is 0. The first-order valence-electron chi connectivity index (χ1n) is 4.08. The zero-order valence-corrected chi connectivity index (χ0v) is 12.7. The fourth-order valence-electron chi connectivity index (χ4n) is 1.96. The Bertz CT molecular complexity index is 199. The van der Waals surface area contributed by atoms with Crippen LogP contribution in [0.15, 0.2) is 23.8 Å². The van der Waals surface area contributed by atoms with E-state index in [2.05, 4.69) is 31.6 Å². The van der Waals surface area contributed by atoms with Crippen molar-refractivity contribution in [2.45, 2.75) is 19.8 Å². The standard InChI is InChI=1S/C10H13.2ClH.Hf/c1-8-6-9-4-2-3-5-10(9)7-8;;;/h2-4,6,8,10H,5,7H2,1H3;2*1H;/q-1;;;/p-2. The van der Waals surface area contributed by atoms with Crippen LogP contribution in [0.5, 0.6) is 0 Å². The fourth-order valence-corrected chi connectivity index (χ4v) is 1.96. The van der Waals surface area contributed by atoms with E-state index >= 15 is 0 Å². The van der Waals surface area contributed by atoms with Crippen LogP contribution in [0.1, 0.15) is 19.8 Å². The molecule has 0 radical (unpaired) electrons. The Kier molecular flexibility index (Phi) is 8.92. The molecule has 0 bridgehead atoms. The van der Waals surface area contributed by atoms with Gasteiger partial charge in [0, 0.05) is 25.8 Å². The van der Waals surface area contributed by atoms with Gasteiger partial charge in [-0.25, -0.2) is 18.1 Å². The molecule has 13 heavy (non-hydrogen) atoms. The molecule has 74 valence electrons. The molecule has 0 spiro atoms. The third-order valence-electron chi connectivity index (χ3n) is 2.45. The molecule has 2 aliphatic rings. The minimum absolute atomic E-state index is 0. The molecule has 2 atom stereocenters. The van der Waals surface area contributed by atoms with E-state index in [0.29, 0.717) is 0 Å². The van der Waals surface area contributed by atoms with Crippen LogP contribution in [0.2, 0.25) is 0 Å². The third-order valence-corrected chi connectivity index (χ3v) is 2.45. The Hall–Kier alpha value is 0.800. The first-order chi connectivity index (χ1) is 4.86. The van der Waals surface area contributed by atoms with E-state index in [-0.39, 0.29) is 50.7 Å². The van der Waals surface area contributed by atoms with Crippen LogP contribution in [-0.4, -0.2) is 0 Å². The van der Waals surface area contributed by atoms with E-state index in [1.54, 1.807) is 5.57 Å². The van der Waals surface area contributed by atoms with E-state index in [9.17, 15) is 0 Å². The van der Waals surface area contributed by atoms with Gasteiger partial charge in [0.2, 0.25) is 0 Å². The molecule has 0 aromatic rings. The van der Waals surface area contributed by atoms with Crippen molar-refractivity contribution in [1.29, 1.82) is 0 Å². The van der Waals surface area contributed by atoms with E-state index in [1.165, 1.54) is 12.8 Å². The minimum Gasteiger partial charge on any atom is -1.00 e. The van der Waals surface area contributed by atoms with E-state index in [4.69, 9.17) is 0 Å². The topological polar surface area (TPSA) is 0 Å².